The Kier molecular flexibility index (Phi) is 6.13. The van der Waals surface area contributed by atoms with Crippen molar-refractivity contribution < 1.29 is 17.9 Å². The number of hydrogen-bond acceptors (Lipinski definition) is 6. The first-order chi connectivity index (χ1) is 15.6. The third-order valence-electron chi connectivity index (χ3n) is 6.00. The minimum atomic E-state index is -3.80. The SMILES string of the molecule is Cc1ccc(C(=O)OCn2cc(C)c3c(S(=O)(=O)N4CC[C@H](N)C4)cccc3c2=O)c(C)c1. The maximum Gasteiger partial charge on any atom is 0.340 e. The average molecular weight is 470 g/mol. The van der Waals surface area contributed by atoms with E-state index < -0.39 is 21.6 Å². The first kappa shape index (κ1) is 23.2. The number of pyridine rings is 1. The van der Waals surface area contributed by atoms with Gasteiger partial charge in [0.1, 0.15) is 0 Å². The largest absolute Gasteiger partial charge is 0.440 e. The van der Waals surface area contributed by atoms with Crippen molar-refractivity contribution in [3.05, 3.63) is 75.2 Å². The van der Waals surface area contributed by atoms with Crippen molar-refractivity contribution in [2.45, 2.75) is 44.9 Å². The highest BCUT2D eigenvalue weighted by Crippen LogP contribution is 2.28. The van der Waals surface area contributed by atoms with Crippen molar-refractivity contribution in [1.82, 2.24) is 8.87 Å². The van der Waals surface area contributed by atoms with Crippen LogP contribution < -0.4 is 11.3 Å². The zero-order valence-electron chi connectivity index (χ0n) is 18.9. The molecule has 4 rings (SSSR count). The fraction of sp³-hybridized carbons (Fsp3) is 0.333. The molecule has 2 aromatic carbocycles. The zero-order chi connectivity index (χ0) is 23.9. The molecule has 174 valence electrons. The van der Waals surface area contributed by atoms with Crippen molar-refractivity contribution in [2.24, 2.45) is 5.73 Å². The second kappa shape index (κ2) is 8.74. The van der Waals surface area contributed by atoms with Crippen LogP contribution in [0, 0.1) is 20.8 Å². The Labute approximate surface area is 192 Å². The maximum absolute atomic E-state index is 13.3. The van der Waals surface area contributed by atoms with Crippen molar-refractivity contribution >= 4 is 26.8 Å². The number of aromatic nitrogens is 1. The topological polar surface area (TPSA) is 112 Å². The number of esters is 1. The summed E-state index contributed by atoms with van der Waals surface area (Å²) in [5.74, 6) is -0.529. The Morgan fingerprint density at radius 1 is 1.15 bits per heavy atom. The van der Waals surface area contributed by atoms with Crippen LogP contribution in [0.5, 0.6) is 0 Å². The summed E-state index contributed by atoms with van der Waals surface area (Å²) in [7, 11) is -3.80. The lowest BCUT2D eigenvalue weighted by Gasteiger charge is -2.19. The first-order valence-corrected chi connectivity index (χ1v) is 12.2. The molecule has 0 bridgehead atoms. The Morgan fingerprint density at radius 2 is 1.91 bits per heavy atom. The van der Waals surface area contributed by atoms with Crippen LogP contribution in [0.25, 0.3) is 10.8 Å². The molecule has 1 aromatic heterocycles. The van der Waals surface area contributed by atoms with Crippen molar-refractivity contribution in [1.29, 1.82) is 0 Å². The summed E-state index contributed by atoms with van der Waals surface area (Å²) in [6.45, 7) is 5.82. The predicted octanol–water partition coefficient (Wildman–Crippen LogP) is 2.46. The summed E-state index contributed by atoms with van der Waals surface area (Å²) in [5.41, 5.74) is 8.32. The lowest BCUT2D eigenvalue weighted by Crippen LogP contribution is -2.32. The third-order valence-corrected chi connectivity index (χ3v) is 7.91. The molecule has 1 aliphatic rings. The predicted molar refractivity (Wildman–Crippen MR) is 126 cm³/mol. The van der Waals surface area contributed by atoms with Gasteiger partial charge in [0, 0.05) is 36.1 Å². The molecule has 1 atom stereocenters. The molecule has 0 saturated carbocycles. The number of nitrogens with zero attached hydrogens (tertiary/aromatic N) is 2. The molecule has 2 N–H and O–H groups in total. The van der Waals surface area contributed by atoms with E-state index in [2.05, 4.69) is 0 Å². The zero-order valence-corrected chi connectivity index (χ0v) is 19.7. The molecule has 1 fully saturated rings. The third kappa shape index (κ3) is 4.31. The van der Waals surface area contributed by atoms with E-state index in [1.807, 2.05) is 26.0 Å². The standard InChI is InChI=1S/C24H27N3O5S/c1-15-7-8-19(16(2)11-15)24(29)32-14-26-12-17(3)22-20(23(26)28)5-4-6-21(22)33(30,31)27-10-9-18(25)13-27/h4-8,11-12,18H,9-10,13-14,25H2,1-3H3/t18-/m0/s1. The van der Waals surface area contributed by atoms with Crippen molar-refractivity contribution in [3.63, 3.8) is 0 Å². The molecular formula is C24H27N3O5S. The van der Waals surface area contributed by atoms with Crippen LogP contribution >= 0.6 is 0 Å². The molecule has 33 heavy (non-hydrogen) atoms. The van der Waals surface area contributed by atoms with Crippen molar-refractivity contribution in [2.75, 3.05) is 13.1 Å². The molecular weight excluding hydrogens is 442 g/mol. The number of ether oxygens (including phenoxy) is 1. The molecule has 9 heteroatoms. The van der Waals surface area contributed by atoms with Gasteiger partial charge in [0.2, 0.25) is 10.0 Å². The Bertz CT molecular complexity index is 1410. The number of sulfonamides is 1. The van der Waals surface area contributed by atoms with E-state index in [0.717, 1.165) is 11.1 Å². The van der Waals surface area contributed by atoms with Gasteiger partial charge in [0.15, 0.2) is 6.73 Å². The summed E-state index contributed by atoms with van der Waals surface area (Å²) in [4.78, 5) is 25.8. The Hall–Kier alpha value is -3.01. The lowest BCUT2D eigenvalue weighted by molar-refractivity contribution is 0.0365. The first-order valence-electron chi connectivity index (χ1n) is 10.7. The Balaban J connectivity index is 1.68. The van der Waals surface area contributed by atoms with Crippen LogP contribution in [0.4, 0.5) is 0 Å². The number of nitrogens with two attached hydrogens (primary N) is 1. The van der Waals surface area contributed by atoms with E-state index in [0.29, 0.717) is 29.5 Å². The minimum Gasteiger partial charge on any atom is -0.440 e. The maximum atomic E-state index is 13.3. The number of aryl methyl sites for hydroxylation is 3. The highest BCUT2D eigenvalue weighted by Gasteiger charge is 2.32. The number of benzene rings is 2. The van der Waals surface area contributed by atoms with Gasteiger partial charge in [-0.3, -0.25) is 9.36 Å². The lowest BCUT2D eigenvalue weighted by atomic mass is 10.1. The molecule has 2 heterocycles. The van der Waals surface area contributed by atoms with Gasteiger partial charge >= 0.3 is 5.97 Å². The minimum absolute atomic E-state index is 0.0862. The van der Waals surface area contributed by atoms with Crippen LogP contribution in [0.2, 0.25) is 0 Å². The second-order valence-electron chi connectivity index (χ2n) is 8.56. The van der Waals surface area contributed by atoms with Gasteiger partial charge in [0.25, 0.3) is 5.56 Å². The van der Waals surface area contributed by atoms with Crippen LogP contribution in [0.1, 0.15) is 33.5 Å². The van der Waals surface area contributed by atoms with Gasteiger partial charge in [-0.05, 0) is 56.5 Å². The number of rotatable bonds is 5. The molecule has 8 nitrogen and oxygen atoms in total. The van der Waals surface area contributed by atoms with Gasteiger partial charge in [0.05, 0.1) is 10.5 Å². The summed E-state index contributed by atoms with van der Waals surface area (Å²) in [5, 5.41) is 0.627. The molecule has 0 unspecified atom stereocenters. The highest BCUT2D eigenvalue weighted by molar-refractivity contribution is 7.89. The molecule has 0 spiro atoms. The number of hydrogen-bond donors (Lipinski definition) is 1. The molecule has 1 saturated heterocycles. The molecule has 1 aliphatic heterocycles. The number of carbonyl (C=O) groups is 1. The van der Waals surface area contributed by atoms with Crippen LogP contribution in [-0.2, 0) is 21.5 Å². The van der Waals surface area contributed by atoms with Gasteiger partial charge < -0.3 is 10.5 Å². The van der Waals surface area contributed by atoms with Crippen LogP contribution in [0.15, 0.2) is 52.3 Å². The van der Waals surface area contributed by atoms with E-state index in [-0.39, 0.29) is 29.6 Å². The smallest absolute Gasteiger partial charge is 0.340 e. The number of carbonyl (C=O) groups excluding carboxylic acids is 1. The van der Waals surface area contributed by atoms with Gasteiger partial charge in [-0.2, -0.15) is 4.31 Å². The van der Waals surface area contributed by atoms with E-state index >= 15 is 0 Å². The van der Waals surface area contributed by atoms with Crippen LogP contribution in [-0.4, -0.2) is 42.4 Å². The molecule has 0 aliphatic carbocycles. The molecule has 3 aromatic rings. The number of fused-ring (bicyclic) bond motifs is 1. The normalized spacial score (nSPS) is 16.9. The summed E-state index contributed by atoms with van der Waals surface area (Å²) in [6.07, 6.45) is 2.12. The monoisotopic (exact) mass is 469 g/mol. The molecule has 0 radical (unpaired) electrons. The fourth-order valence-electron chi connectivity index (χ4n) is 4.30. The van der Waals surface area contributed by atoms with E-state index in [9.17, 15) is 18.0 Å². The Morgan fingerprint density at radius 3 is 2.58 bits per heavy atom. The quantitative estimate of drug-likeness (QED) is 0.575. The fourth-order valence-corrected chi connectivity index (χ4v) is 6.09. The van der Waals surface area contributed by atoms with Crippen molar-refractivity contribution in [3.8, 4) is 0 Å². The summed E-state index contributed by atoms with van der Waals surface area (Å²) < 4.78 is 34.6. The average Bonchev–Trinajstić information content (AvgIpc) is 3.21. The van der Waals surface area contributed by atoms with Crippen LogP contribution in [0.3, 0.4) is 0 Å². The van der Waals surface area contributed by atoms with Gasteiger partial charge in [-0.25, -0.2) is 13.2 Å². The summed E-state index contributed by atoms with van der Waals surface area (Å²) >= 11 is 0. The highest BCUT2D eigenvalue weighted by atomic mass is 32.2. The second-order valence-corrected chi connectivity index (χ2v) is 10.5. The van der Waals surface area contributed by atoms with Gasteiger partial charge in [-0.1, -0.05) is 23.8 Å². The van der Waals surface area contributed by atoms with E-state index in [4.69, 9.17) is 10.5 Å². The molecule has 0 amide bonds. The summed E-state index contributed by atoms with van der Waals surface area (Å²) in [6, 6.07) is 9.87. The van der Waals surface area contributed by atoms with E-state index in [1.165, 1.54) is 21.1 Å². The van der Waals surface area contributed by atoms with E-state index in [1.54, 1.807) is 25.1 Å². The van der Waals surface area contributed by atoms with Gasteiger partial charge in [-0.15, -0.1) is 0 Å².